The normalized spacial score (nSPS) is 28.4. The Morgan fingerprint density at radius 1 is 0.974 bits per heavy atom. The van der Waals surface area contributed by atoms with Gasteiger partial charge in [0.25, 0.3) is 5.91 Å². The van der Waals surface area contributed by atoms with Crippen LogP contribution in [0.1, 0.15) is 52.4 Å². The zero-order chi connectivity index (χ0) is 27.1. The molecule has 7 heteroatoms. The number of nitrogens with zero attached hydrogens (tertiary/aromatic N) is 1. The fourth-order valence-corrected chi connectivity index (χ4v) is 8.01. The van der Waals surface area contributed by atoms with Gasteiger partial charge in [-0.1, -0.05) is 42.5 Å². The number of Topliss-reactive ketones (excluding diaryl/α,β-unsaturated/α-hetero) is 1. The number of carbonyl (C=O) groups is 3. The average molecular weight is 522 g/mol. The Labute approximate surface area is 227 Å². The number of ketones is 1. The van der Waals surface area contributed by atoms with Crippen molar-refractivity contribution in [3.8, 4) is 5.75 Å². The lowest BCUT2D eigenvalue weighted by molar-refractivity contribution is -0.137. The molecule has 4 aliphatic rings. The van der Waals surface area contributed by atoms with Crippen LogP contribution in [-0.2, 0) is 20.5 Å². The Morgan fingerprint density at radius 2 is 1.74 bits per heavy atom. The van der Waals surface area contributed by atoms with Gasteiger partial charge >= 0.3 is 0 Å². The van der Waals surface area contributed by atoms with Crippen LogP contribution in [0.4, 0.5) is 11.4 Å². The fraction of sp³-hybridized carbons (Fsp3) is 0.344. The molecule has 3 aromatic carbocycles. The van der Waals surface area contributed by atoms with Crippen molar-refractivity contribution in [2.45, 2.75) is 50.6 Å². The Bertz CT molecular complexity index is 1580. The summed E-state index contributed by atoms with van der Waals surface area (Å²) in [7, 11) is 0. The van der Waals surface area contributed by atoms with Gasteiger partial charge in [0.15, 0.2) is 5.78 Å². The van der Waals surface area contributed by atoms with E-state index in [2.05, 4.69) is 15.5 Å². The van der Waals surface area contributed by atoms with Crippen molar-refractivity contribution in [1.29, 1.82) is 0 Å². The van der Waals surface area contributed by atoms with Gasteiger partial charge < -0.3 is 15.4 Å². The first-order valence-corrected chi connectivity index (χ1v) is 13.7. The Kier molecular flexibility index (Phi) is 5.11. The van der Waals surface area contributed by atoms with Crippen LogP contribution < -0.4 is 15.4 Å². The van der Waals surface area contributed by atoms with Crippen molar-refractivity contribution in [2.24, 2.45) is 5.92 Å². The highest BCUT2D eigenvalue weighted by Gasteiger charge is 2.81. The first-order valence-electron chi connectivity index (χ1n) is 13.7. The van der Waals surface area contributed by atoms with E-state index < -0.39 is 16.9 Å². The largest absolute Gasteiger partial charge is 0.493 e. The number of rotatable bonds is 4. The van der Waals surface area contributed by atoms with E-state index in [1.54, 1.807) is 12.1 Å². The van der Waals surface area contributed by atoms with Crippen LogP contribution >= 0.6 is 0 Å². The van der Waals surface area contributed by atoms with Crippen LogP contribution in [0.3, 0.4) is 0 Å². The molecule has 0 saturated carbocycles. The second kappa shape index (κ2) is 8.26. The van der Waals surface area contributed by atoms with Crippen LogP contribution in [0.15, 0.2) is 60.7 Å². The van der Waals surface area contributed by atoms with Crippen molar-refractivity contribution in [1.82, 2.24) is 4.90 Å². The molecule has 0 unspecified atom stereocenters. The van der Waals surface area contributed by atoms with Crippen LogP contribution in [-0.4, -0.2) is 41.7 Å². The zero-order valence-electron chi connectivity index (χ0n) is 22.3. The van der Waals surface area contributed by atoms with Gasteiger partial charge in [-0.25, -0.2) is 0 Å². The number of benzene rings is 3. The zero-order valence-corrected chi connectivity index (χ0v) is 22.3. The van der Waals surface area contributed by atoms with E-state index >= 15 is 0 Å². The first kappa shape index (κ1) is 24.1. The third-order valence-electron chi connectivity index (χ3n) is 9.54. The highest BCUT2D eigenvalue weighted by molar-refractivity contribution is 6.21. The van der Waals surface area contributed by atoms with Crippen LogP contribution in [0.2, 0.25) is 0 Å². The molecule has 0 bridgehead atoms. The molecule has 2 saturated heterocycles. The maximum Gasteiger partial charge on any atom is 0.251 e. The predicted octanol–water partition coefficient (Wildman–Crippen LogP) is 4.72. The molecule has 198 valence electrons. The fourth-order valence-electron chi connectivity index (χ4n) is 8.01. The number of amides is 2. The van der Waals surface area contributed by atoms with Gasteiger partial charge in [0, 0.05) is 23.0 Å². The topological polar surface area (TPSA) is 87.7 Å². The number of hydrogen-bond acceptors (Lipinski definition) is 5. The SMILES string of the molecule is CCOc1ccccc1C(=O)[C@@H]1[C@H]2CCCN2[C@]2(C(=O)Nc3c2ccc(C)c3C)[C@]12C(=O)Nc1ccccc12. The van der Waals surface area contributed by atoms with Crippen molar-refractivity contribution in [3.63, 3.8) is 0 Å². The van der Waals surface area contributed by atoms with Gasteiger partial charge in [-0.05, 0) is 75.0 Å². The summed E-state index contributed by atoms with van der Waals surface area (Å²) >= 11 is 0. The number of aryl methyl sites for hydroxylation is 1. The first-order chi connectivity index (χ1) is 18.9. The monoisotopic (exact) mass is 521 g/mol. The molecule has 4 aliphatic heterocycles. The molecule has 2 N–H and O–H groups in total. The highest BCUT2D eigenvalue weighted by atomic mass is 16.5. The minimum absolute atomic E-state index is 0.162. The molecule has 7 nitrogen and oxygen atoms in total. The summed E-state index contributed by atoms with van der Waals surface area (Å²) in [5, 5.41) is 6.28. The standard InChI is InChI=1S/C32H31N3O4/c1-4-39-25-14-8-5-10-20(25)28(36)26-24-13-9-17-35(24)32(22-16-15-18(2)19(3)27(22)34-30(32)38)31(26)21-11-6-7-12-23(21)33-29(31)37/h5-8,10-12,14-16,24,26H,4,9,13,17H2,1-3H3,(H,33,37)(H,34,38)/t24-,26+,31+,32-/m1/s1. The van der Waals surface area contributed by atoms with E-state index in [9.17, 15) is 14.4 Å². The van der Waals surface area contributed by atoms with E-state index in [4.69, 9.17) is 4.74 Å². The third-order valence-corrected chi connectivity index (χ3v) is 9.54. The van der Waals surface area contributed by atoms with Crippen LogP contribution in [0.5, 0.6) is 5.75 Å². The Hall–Kier alpha value is -3.97. The van der Waals surface area contributed by atoms with Crippen LogP contribution in [0.25, 0.3) is 0 Å². The molecule has 4 atom stereocenters. The summed E-state index contributed by atoms with van der Waals surface area (Å²) < 4.78 is 5.89. The van der Waals surface area contributed by atoms with E-state index in [1.165, 1.54) is 0 Å². The predicted molar refractivity (Wildman–Crippen MR) is 148 cm³/mol. The molecule has 2 fully saturated rings. The Morgan fingerprint density at radius 3 is 2.56 bits per heavy atom. The van der Waals surface area contributed by atoms with Crippen LogP contribution in [0, 0.1) is 19.8 Å². The lowest BCUT2D eigenvalue weighted by Gasteiger charge is -2.43. The highest BCUT2D eigenvalue weighted by Crippen LogP contribution is 2.68. The summed E-state index contributed by atoms with van der Waals surface area (Å²) in [5.74, 6) is -0.988. The molecule has 0 aromatic heterocycles. The summed E-state index contributed by atoms with van der Waals surface area (Å²) in [6.45, 7) is 6.94. The van der Waals surface area contributed by atoms with Crippen molar-refractivity contribution in [3.05, 3.63) is 88.5 Å². The van der Waals surface area contributed by atoms with E-state index in [1.807, 2.05) is 69.3 Å². The summed E-state index contributed by atoms with van der Waals surface area (Å²) in [6, 6.07) is 18.5. The van der Waals surface area contributed by atoms with E-state index in [-0.39, 0.29) is 23.6 Å². The Balaban J connectivity index is 1.58. The molecule has 39 heavy (non-hydrogen) atoms. The minimum Gasteiger partial charge on any atom is -0.493 e. The van der Waals surface area contributed by atoms with Gasteiger partial charge in [-0.2, -0.15) is 0 Å². The molecular weight excluding hydrogens is 490 g/mol. The number of nitrogens with one attached hydrogen (secondary N) is 2. The molecule has 2 amide bonds. The smallest absolute Gasteiger partial charge is 0.251 e. The minimum atomic E-state index is -1.46. The molecule has 4 heterocycles. The molecular formula is C32H31N3O4. The summed E-state index contributed by atoms with van der Waals surface area (Å²) in [5.41, 5.74) is 2.57. The van der Waals surface area contributed by atoms with Gasteiger partial charge in [-0.3, -0.25) is 19.3 Å². The molecule has 3 aromatic rings. The van der Waals surface area contributed by atoms with Gasteiger partial charge in [-0.15, -0.1) is 0 Å². The third kappa shape index (κ3) is 2.73. The maximum absolute atomic E-state index is 14.9. The molecule has 7 rings (SSSR count). The van der Waals surface area contributed by atoms with Crippen molar-refractivity contribution in [2.75, 3.05) is 23.8 Å². The molecule has 0 aliphatic carbocycles. The van der Waals surface area contributed by atoms with E-state index in [0.29, 0.717) is 35.7 Å². The average Bonchev–Trinajstić information content (AvgIpc) is 3.65. The van der Waals surface area contributed by atoms with Gasteiger partial charge in [0.05, 0.1) is 18.1 Å². The number of para-hydroxylation sites is 2. The second-order valence-electron chi connectivity index (χ2n) is 11.1. The quantitative estimate of drug-likeness (QED) is 0.486. The van der Waals surface area contributed by atoms with Gasteiger partial charge in [0.1, 0.15) is 16.7 Å². The molecule has 2 spiro atoms. The van der Waals surface area contributed by atoms with Gasteiger partial charge in [0.2, 0.25) is 5.91 Å². The lowest BCUT2D eigenvalue weighted by atomic mass is 9.57. The number of hydrogen-bond donors (Lipinski definition) is 2. The maximum atomic E-state index is 14.9. The summed E-state index contributed by atoms with van der Waals surface area (Å²) in [6.07, 6.45) is 1.57. The number of fused-ring (bicyclic) bond motifs is 7. The number of anilines is 2. The molecule has 0 radical (unpaired) electrons. The lowest BCUT2D eigenvalue weighted by Crippen LogP contribution is -2.62. The summed E-state index contributed by atoms with van der Waals surface area (Å²) in [4.78, 5) is 46.2. The van der Waals surface area contributed by atoms with Crippen molar-refractivity contribution >= 4 is 29.0 Å². The van der Waals surface area contributed by atoms with Crippen molar-refractivity contribution < 1.29 is 19.1 Å². The van der Waals surface area contributed by atoms with E-state index in [0.717, 1.165) is 35.2 Å². The second-order valence-corrected chi connectivity index (χ2v) is 11.1. The number of ether oxygens (including phenoxy) is 1. The number of carbonyl (C=O) groups excluding carboxylic acids is 3.